The van der Waals surface area contributed by atoms with Crippen molar-refractivity contribution < 1.29 is 27.5 Å². The zero-order valence-corrected chi connectivity index (χ0v) is 18.0. The van der Waals surface area contributed by atoms with Gasteiger partial charge in [0, 0.05) is 24.9 Å². The molecule has 0 bridgehead atoms. The van der Waals surface area contributed by atoms with E-state index in [2.05, 4.69) is 15.1 Å². The van der Waals surface area contributed by atoms with Crippen LogP contribution in [0.5, 0.6) is 5.88 Å². The monoisotopic (exact) mass is 485 g/mol. The molecule has 35 heavy (non-hydrogen) atoms. The fraction of sp³-hybridized carbons (Fsp3) is 0.227. The molecule has 10 nitrogen and oxygen atoms in total. The van der Waals surface area contributed by atoms with Crippen LogP contribution in [0.25, 0.3) is 5.95 Å². The second-order valence-electron chi connectivity index (χ2n) is 7.98. The molecule has 3 amide bonds. The first-order valence-corrected chi connectivity index (χ1v) is 10.5. The molecular weight excluding hydrogens is 467 g/mol. The number of hydrogen-bond donors (Lipinski definition) is 1. The minimum Gasteiger partial charge on any atom is -0.468 e. The van der Waals surface area contributed by atoms with Crippen LogP contribution in [0, 0.1) is 17.5 Å². The molecule has 0 radical (unpaired) electrons. The Morgan fingerprint density at radius 3 is 2.57 bits per heavy atom. The molecular formula is C22H18F3N7O3. The molecule has 1 aromatic carbocycles. The van der Waals surface area contributed by atoms with Crippen molar-refractivity contribution in [2.24, 2.45) is 10.8 Å². The number of amides is 3. The van der Waals surface area contributed by atoms with Gasteiger partial charge in [0.15, 0.2) is 0 Å². The van der Waals surface area contributed by atoms with Gasteiger partial charge < -0.3 is 15.4 Å². The molecule has 0 aliphatic carbocycles. The van der Waals surface area contributed by atoms with Crippen LogP contribution in [-0.4, -0.2) is 61.8 Å². The van der Waals surface area contributed by atoms with E-state index in [-0.39, 0.29) is 36.2 Å². The summed E-state index contributed by atoms with van der Waals surface area (Å²) in [5.74, 6) is -3.37. The third-order valence-electron chi connectivity index (χ3n) is 5.61. The van der Waals surface area contributed by atoms with Crippen LogP contribution in [-0.2, 0) is 0 Å². The number of aromatic nitrogens is 3. The Morgan fingerprint density at radius 2 is 1.86 bits per heavy atom. The summed E-state index contributed by atoms with van der Waals surface area (Å²) in [5, 5.41) is 5.21. The average Bonchev–Trinajstić information content (AvgIpc) is 3.46. The minimum absolute atomic E-state index is 0.0102. The summed E-state index contributed by atoms with van der Waals surface area (Å²) < 4.78 is 48.5. The molecule has 1 fully saturated rings. The lowest BCUT2D eigenvalue weighted by atomic mass is 10.0. The highest BCUT2D eigenvalue weighted by Crippen LogP contribution is 2.31. The lowest BCUT2D eigenvalue weighted by Crippen LogP contribution is -2.59. The van der Waals surface area contributed by atoms with Crippen LogP contribution in [0.3, 0.4) is 0 Å². The van der Waals surface area contributed by atoms with Gasteiger partial charge in [-0.3, -0.25) is 9.36 Å². The molecule has 2 aliphatic rings. The van der Waals surface area contributed by atoms with Gasteiger partial charge in [0.1, 0.15) is 23.4 Å². The Kier molecular flexibility index (Phi) is 5.59. The predicted octanol–water partition coefficient (Wildman–Crippen LogP) is 2.40. The SMILES string of the molecule is NC(=O)c1cccn1-c1ncc(F)c(OC2CN(C(=O)N3N=CC[C@H]3c3cc(F)cc(F)c3)C2)n1. The van der Waals surface area contributed by atoms with E-state index < -0.39 is 41.5 Å². The molecule has 2 N–H and O–H groups in total. The largest absolute Gasteiger partial charge is 0.468 e. The van der Waals surface area contributed by atoms with Gasteiger partial charge in [-0.05, 0) is 29.8 Å². The first-order valence-electron chi connectivity index (χ1n) is 10.5. The van der Waals surface area contributed by atoms with Crippen molar-refractivity contribution in [2.45, 2.75) is 18.6 Å². The predicted molar refractivity (Wildman–Crippen MR) is 115 cm³/mol. The highest BCUT2D eigenvalue weighted by molar-refractivity contribution is 5.91. The van der Waals surface area contributed by atoms with Crippen molar-refractivity contribution in [1.29, 1.82) is 0 Å². The van der Waals surface area contributed by atoms with Crippen LogP contribution in [0.15, 0.2) is 47.8 Å². The Hall–Kier alpha value is -4.42. The normalized spacial score (nSPS) is 17.5. The molecule has 180 valence electrons. The van der Waals surface area contributed by atoms with E-state index in [1.165, 1.54) is 27.9 Å². The third-order valence-corrected chi connectivity index (χ3v) is 5.61. The van der Waals surface area contributed by atoms with Crippen LogP contribution >= 0.6 is 0 Å². The quantitative estimate of drug-likeness (QED) is 0.595. The van der Waals surface area contributed by atoms with Gasteiger partial charge in [-0.2, -0.15) is 14.5 Å². The summed E-state index contributed by atoms with van der Waals surface area (Å²) in [6.45, 7) is 0.230. The Balaban J connectivity index is 1.25. The van der Waals surface area contributed by atoms with Crippen LogP contribution in [0.4, 0.5) is 18.0 Å². The zero-order valence-electron chi connectivity index (χ0n) is 18.0. The maximum Gasteiger partial charge on any atom is 0.341 e. The van der Waals surface area contributed by atoms with Crippen molar-refractivity contribution >= 4 is 18.2 Å². The average molecular weight is 485 g/mol. The second-order valence-corrected chi connectivity index (χ2v) is 7.98. The van der Waals surface area contributed by atoms with Crippen LogP contribution in [0.1, 0.15) is 28.5 Å². The number of rotatable bonds is 5. The summed E-state index contributed by atoms with van der Waals surface area (Å²) in [5.41, 5.74) is 5.73. The number of carbonyl (C=O) groups excluding carboxylic acids is 2. The van der Waals surface area contributed by atoms with Crippen LogP contribution in [0.2, 0.25) is 0 Å². The highest BCUT2D eigenvalue weighted by Gasteiger charge is 2.39. The summed E-state index contributed by atoms with van der Waals surface area (Å²) in [7, 11) is 0. The maximum atomic E-state index is 14.3. The van der Waals surface area contributed by atoms with E-state index >= 15 is 0 Å². The number of nitrogens with zero attached hydrogens (tertiary/aromatic N) is 6. The highest BCUT2D eigenvalue weighted by atomic mass is 19.1. The van der Waals surface area contributed by atoms with Gasteiger partial charge in [-0.25, -0.2) is 23.6 Å². The Morgan fingerprint density at radius 1 is 1.11 bits per heavy atom. The number of likely N-dealkylation sites (tertiary alicyclic amines) is 1. The molecule has 0 spiro atoms. The van der Waals surface area contributed by atoms with Crippen LogP contribution < -0.4 is 10.5 Å². The van der Waals surface area contributed by atoms with E-state index in [9.17, 15) is 22.8 Å². The van der Waals surface area contributed by atoms with Gasteiger partial charge in [0.25, 0.3) is 11.8 Å². The van der Waals surface area contributed by atoms with Gasteiger partial charge in [0.05, 0.1) is 25.3 Å². The smallest absolute Gasteiger partial charge is 0.341 e. The summed E-state index contributed by atoms with van der Waals surface area (Å²) in [6, 6.07) is 4.99. The molecule has 1 saturated heterocycles. The molecule has 2 aromatic heterocycles. The number of benzene rings is 1. The number of urea groups is 1. The van der Waals surface area contributed by atoms with Crippen molar-refractivity contribution in [3.8, 4) is 11.8 Å². The van der Waals surface area contributed by atoms with Gasteiger partial charge in [-0.15, -0.1) is 0 Å². The summed E-state index contributed by atoms with van der Waals surface area (Å²) >= 11 is 0. The first kappa shape index (κ1) is 22.4. The van der Waals surface area contributed by atoms with E-state index in [0.717, 1.165) is 29.4 Å². The van der Waals surface area contributed by atoms with Crippen molar-refractivity contribution in [1.82, 2.24) is 24.4 Å². The number of hydrogen-bond acceptors (Lipinski definition) is 6. The third kappa shape index (κ3) is 4.27. The molecule has 0 saturated carbocycles. The summed E-state index contributed by atoms with van der Waals surface area (Å²) in [6.07, 6.45) is 3.65. The topological polar surface area (TPSA) is 119 Å². The Bertz CT molecular complexity index is 1320. The molecule has 5 rings (SSSR count). The van der Waals surface area contributed by atoms with Crippen molar-refractivity contribution in [2.75, 3.05) is 13.1 Å². The molecule has 1 atom stereocenters. The van der Waals surface area contributed by atoms with Crippen molar-refractivity contribution in [3.63, 3.8) is 0 Å². The van der Waals surface area contributed by atoms with E-state index in [1.54, 1.807) is 6.07 Å². The van der Waals surface area contributed by atoms with Gasteiger partial charge in [0.2, 0.25) is 11.8 Å². The standard InChI is InChI=1S/C22H18F3N7O3/c23-13-6-12(7-14(24)8-13)17-3-4-28-32(17)22(34)30-10-15(11-30)35-20-16(25)9-27-21(29-20)31-5-1-2-18(31)19(26)33/h1-2,4-9,15,17H,3,10-11H2,(H2,26,33)/t17-/m0/s1. The van der Waals surface area contributed by atoms with E-state index in [1.807, 2.05) is 0 Å². The molecule has 4 heterocycles. The van der Waals surface area contributed by atoms with Gasteiger partial charge in [-0.1, -0.05) is 0 Å². The summed E-state index contributed by atoms with van der Waals surface area (Å²) in [4.78, 5) is 33.8. The van der Waals surface area contributed by atoms with Crippen molar-refractivity contribution in [3.05, 3.63) is 71.4 Å². The fourth-order valence-corrected chi connectivity index (χ4v) is 3.91. The molecule has 13 heteroatoms. The second kappa shape index (κ2) is 8.74. The lowest BCUT2D eigenvalue weighted by Gasteiger charge is -2.40. The lowest BCUT2D eigenvalue weighted by molar-refractivity contribution is 0.0229. The fourth-order valence-electron chi connectivity index (χ4n) is 3.91. The number of carbonyl (C=O) groups is 2. The van der Waals surface area contributed by atoms with E-state index in [4.69, 9.17) is 10.5 Å². The number of ether oxygens (including phenoxy) is 1. The first-order chi connectivity index (χ1) is 16.8. The Labute approximate surface area is 196 Å². The molecule has 3 aromatic rings. The number of primary amides is 1. The number of nitrogens with two attached hydrogens (primary N) is 1. The number of halogens is 3. The molecule has 2 aliphatic heterocycles. The van der Waals surface area contributed by atoms with E-state index in [0.29, 0.717) is 6.42 Å². The molecule has 0 unspecified atom stereocenters. The van der Waals surface area contributed by atoms with Gasteiger partial charge >= 0.3 is 6.03 Å². The zero-order chi connectivity index (χ0) is 24.7. The number of hydrazone groups is 1. The maximum absolute atomic E-state index is 14.3. The minimum atomic E-state index is -0.816.